The third-order valence-corrected chi connectivity index (χ3v) is 5.41. The Kier molecular flexibility index (Phi) is 9.15. The van der Waals surface area contributed by atoms with Gasteiger partial charge in [-0.15, -0.1) is 28.2 Å². The summed E-state index contributed by atoms with van der Waals surface area (Å²) < 4.78 is 0. The maximum atomic E-state index is 11.1. The fraction of sp³-hybridized carbons (Fsp3) is 0.389. The molecular weight excluding hydrogens is 368 g/mol. The Morgan fingerprint density at radius 1 is 1.35 bits per heavy atom. The fourth-order valence-corrected chi connectivity index (χ4v) is 3.79. The van der Waals surface area contributed by atoms with Crippen molar-refractivity contribution in [2.45, 2.75) is 44.8 Å². The largest absolute Gasteiger partial charge is 0.477 e. The molecule has 6 nitrogen and oxygen atoms in total. The lowest BCUT2D eigenvalue weighted by Crippen LogP contribution is -1.94. The summed E-state index contributed by atoms with van der Waals surface area (Å²) in [5, 5.41) is 20.5. The van der Waals surface area contributed by atoms with Gasteiger partial charge in [0.05, 0.1) is 12.7 Å². The molecule has 0 aliphatic rings. The monoisotopic (exact) mass is 392 g/mol. The van der Waals surface area contributed by atoms with Gasteiger partial charge in [-0.3, -0.25) is 0 Å². The van der Waals surface area contributed by atoms with E-state index in [9.17, 15) is 4.79 Å². The van der Waals surface area contributed by atoms with Crippen LogP contribution >= 0.6 is 23.1 Å². The van der Waals surface area contributed by atoms with E-state index in [-0.39, 0.29) is 0 Å². The Balaban J connectivity index is 0.000000487. The van der Waals surface area contributed by atoms with E-state index in [1.165, 1.54) is 21.8 Å². The molecule has 0 atom stereocenters. The number of thiazole rings is 1. The summed E-state index contributed by atoms with van der Waals surface area (Å²) in [4.78, 5) is 17.0. The van der Waals surface area contributed by atoms with Crippen molar-refractivity contribution in [3.05, 3.63) is 34.3 Å². The molecule has 26 heavy (non-hydrogen) atoms. The molecule has 140 valence electrons. The Labute approximate surface area is 162 Å². The van der Waals surface area contributed by atoms with Crippen molar-refractivity contribution >= 4 is 35.3 Å². The van der Waals surface area contributed by atoms with Crippen LogP contribution in [0.1, 0.15) is 41.7 Å². The quantitative estimate of drug-likeness (QED) is 0.306. The number of carbonyl (C=O) groups is 1. The first kappa shape index (κ1) is 22.0. The van der Waals surface area contributed by atoms with Gasteiger partial charge in [0.1, 0.15) is 9.88 Å². The first-order valence-corrected chi connectivity index (χ1v) is 9.74. The number of rotatable bonds is 5. The second kappa shape index (κ2) is 10.8. The van der Waals surface area contributed by atoms with Crippen molar-refractivity contribution < 1.29 is 9.90 Å². The van der Waals surface area contributed by atoms with E-state index in [1.54, 1.807) is 27.1 Å². The first-order chi connectivity index (χ1) is 12.3. The average molecular weight is 393 g/mol. The number of nitrogens with zero attached hydrogens (tertiary/aromatic N) is 4. The highest BCUT2D eigenvalue weighted by atomic mass is 32.2. The molecule has 1 aromatic carbocycles. The molecule has 0 unspecified atom stereocenters. The van der Waals surface area contributed by atoms with Crippen LogP contribution in [0, 0.1) is 13.8 Å². The van der Waals surface area contributed by atoms with Gasteiger partial charge in [0.15, 0.2) is 0 Å². The van der Waals surface area contributed by atoms with E-state index in [1.807, 2.05) is 17.8 Å². The number of aromatic carboxylic acids is 1. The first-order valence-electron chi connectivity index (χ1n) is 8.05. The molecule has 2 rings (SSSR count). The van der Waals surface area contributed by atoms with Crippen LogP contribution in [0.5, 0.6) is 0 Å². The Bertz CT molecular complexity index is 788. The highest BCUT2D eigenvalue weighted by Gasteiger charge is 2.15. The molecule has 1 heterocycles. The molecule has 0 saturated carbocycles. The topological polar surface area (TPSA) is 87.3 Å². The molecule has 8 heteroatoms. The normalized spacial score (nSPS) is 11.2. The third-order valence-electron chi connectivity index (χ3n) is 3.03. The van der Waals surface area contributed by atoms with Crippen LogP contribution in [0.25, 0.3) is 10.6 Å². The number of aromatic nitrogens is 1. The maximum Gasteiger partial charge on any atom is 0.347 e. The van der Waals surface area contributed by atoms with Gasteiger partial charge in [-0.1, -0.05) is 25.1 Å². The van der Waals surface area contributed by atoms with E-state index in [4.69, 9.17) is 5.11 Å². The summed E-state index contributed by atoms with van der Waals surface area (Å²) in [6.07, 6.45) is 1.58. The van der Waals surface area contributed by atoms with Crippen LogP contribution in [0.15, 0.2) is 38.5 Å². The number of carboxylic acids is 1. The molecular formula is C18H24N4O2S2. The molecule has 0 radical (unpaired) electrons. The molecule has 0 saturated heterocycles. The van der Waals surface area contributed by atoms with Crippen molar-refractivity contribution in [3.8, 4) is 10.6 Å². The Hall–Kier alpha value is -2.06. The van der Waals surface area contributed by atoms with Crippen molar-refractivity contribution in [3.63, 3.8) is 0 Å². The summed E-state index contributed by atoms with van der Waals surface area (Å²) in [7, 11) is 1.58. The molecule has 0 bridgehead atoms. The van der Waals surface area contributed by atoms with Gasteiger partial charge in [0.25, 0.3) is 0 Å². The van der Waals surface area contributed by atoms with E-state index >= 15 is 0 Å². The maximum absolute atomic E-state index is 11.1. The van der Waals surface area contributed by atoms with Crippen molar-refractivity contribution in [1.29, 1.82) is 0 Å². The number of carboxylic acid groups (broad SMARTS) is 1. The molecule has 1 aromatic heterocycles. The van der Waals surface area contributed by atoms with Crippen LogP contribution in [0.3, 0.4) is 0 Å². The van der Waals surface area contributed by atoms with Crippen LogP contribution in [0.4, 0.5) is 0 Å². The van der Waals surface area contributed by atoms with Crippen LogP contribution in [0.2, 0.25) is 0 Å². The molecule has 0 amide bonds. The minimum absolute atomic E-state index is 0.318. The zero-order chi connectivity index (χ0) is 19.7. The van der Waals surface area contributed by atoms with Gasteiger partial charge >= 0.3 is 5.97 Å². The molecule has 1 N–H and O–H groups in total. The molecule has 0 aliphatic heterocycles. The molecule has 0 aliphatic carbocycles. The smallest absolute Gasteiger partial charge is 0.347 e. The van der Waals surface area contributed by atoms with Gasteiger partial charge in [-0.25, -0.2) is 9.78 Å². The highest BCUT2D eigenvalue weighted by molar-refractivity contribution is 8.00. The summed E-state index contributed by atoms with van der Waals surface area (Å²) in [6, 6.07) is 6.18. The van der Waals surface area contributed by atoms with E-state index in [2.05, 4.69) is 53.3 Å². The SMILES string of the molecule is C/C=N\N=NC.Cc1cc(-c2nc(C)c(C(=O)O)s2)ccc1SC(C)C. The second-order valence-corrected chi connectivity index (χ2v) is 8.17. The summed E-state index contributed by atoms with van der Waals surface area (Å²) >= 11 is 3.06. The third kappa shape index (κ3) is 6.68. The van der Waals surface area contributed by atoms with Gasteiger partial charge in [-0.05, 0) is 38.5 Å². The highest BCUT2D eigenvalue weighted by Crippen LogP contribution is 2.32. The fourth-order valence-electron chi connectivity index (χ4n) is 1.99. The predicted octanol–water partition coefficient (Wildman–Crippen LogP) is 5.70. The van der Waals surface area contributed by atoms with Gasteiger partial charge < -0.3 is 5.11 Å². The van der Waals surface area contributed by atoms with Crippen LogP contribution in [-0.4, -0.2) is 34.6 Å². The van der Waals surface area contributed by atoms with Crippen LogP contribution in [-0.2, 0) is 0 Å². The molecule has 2 aromatic rings. The molecule has 0 spiro atoms. The van der Waals surface area contributed by atoms with Gasteiger partial charge in [-0.2, -0.15) is 5.11 Å². The number of thioether (sulfide) groups is 1. The number of hydrogen-bond acceptors (Lipinski definition) is 6. The second-order valence-electron chi connectivity index (χ2n) is 5.55. The predicted molar refractivity (Wildman–Crippen MR) is 110 cm³/mol. The lowest BCUT2D eigenvalue weighted by Gasteiger charge is -2.09. The van der Waals surface area contributed by atoms with Crippen LogP contribution < -0.4 is 0 Å². The average Bonchev–Trinajstić information content (AvgIpc) is 2.97. The van der Waals surface area contributed by atoms with Crippen molar-refractivity contribution in [1.82, 2.24) is 4.98 Å². The lowest BCUT2D eigenvalue weighted by molar-refractivity contribution is 0.0701. The van der Waals surface area contributed by atoms with E-state index in [0.29, 0.717) is 15.8 Å². The van der Waals surface area contributed by atoms with E-state index < -0.39 is 5.97 Å². The summed E-state index contributed by atoms with van der Waals surface area (Å²) in [5.74, 6) is -0.907. The van der Waals surface area contributed by atoms with Crippen molar-refractivity contribution in [2.75, 3.05) is 7.05 Å². The zero-order valence-electron chi connectivity index (χ0n) is 15.8. The number of hydrogen-bond donors (Lipinski definition) is 1. The van der Waals surface area contributed by atoms with Crippen molar-refractivity contribution in [2.24, 2.45) is 15.4 Å². The minimum Gasteiger partial charge on any atom is -0.477 e. The standard InChI is InChI=1S/C15H17NO2S2.C3H7N3/c1-8(2)19-12-6-5-11(7-9(12)3)14-16-10(4)13(20-14)15(17)18;1-3-5-6-4-2/h5-8H,1-4H3,(H,17,18);3H,1-2H3/b;5-3-,6-4?. The number of benzene rings is 1. The lowest BCUT2D eigenvalue weighted by atomic mass is 10.1. The van der Waals surface area contributed by atoms with E-state index in [0.717, 1.165) is 10.6 Å². The van der Waals surface area contributed by atoms with Gasteiger partial charge in [0, 0.05) is 21.9 Å². The Morgan fingerprint density at radius 2 is 2.04 bits per heavy atom. The number of aryl methyl sites for hydroxylation is 2. The Morgan fingerprint density at radius 3 is 2.46 bits per heavy atom. The summed E-state index contributed by atoms with van der Waals surface area (Å²) in [6.45, 7) is 9.93. The zero-order valence-corrected chi connectivity index (χ0v) is 17.5. The molecule has 0 fully saturated rings. The van der Waals surface area contributed by atoms with Gasteiger partial charge in [0.2, 0.25) is 0 Å². The minimum atomic E-state index is -0.907. The summed E-state index contributed by atoms with van der Waals surface area (Å²) in [5.41, 5.74) is 2.76.